The monoisotopic (exact) mass is 158 g/mol. The molecule has 0 unspecified atom stereocenters. The molecule has 1 aliphatic rings. The van der Waals surface area contributed by atoms with Crippen LogP contribution >= 0.6 is 0 Å². The van der Waals surface area contributed by atoms with Crippen LogP contribution < -0.4 is 0 Å². The van der Waals surface area contributed by atoms with Crippen molar-refractivity contribution in [3.8, 4) is 0 Å². The highest BCUT2D eigenvalue weighted by Crippen LogP contribution is 2.29. The van der Waals surface area contributed by atoms with Crippen molar-refractivity contribution in [1.29, 1.82) is 0 Å². The Morgan fingerprint density at radius 3 is 3.00 bits per heavy atom. The summed E-state index contributed by atoms with van der Waals surface area (Å²) in [7, 11) is 0. The predicted octanol–water partition coefficient (Wildman–Crippen LogP) is 1.38. The molecule has 0 bridgehead atoms. The van der Waals surface area contributed by atoms with Gasteiger partial charge in [0, 0.05) is 11.9 Å². The van der Waals surface area contributed by atoms with E-state index >= 15 is 0 Å². The summed E-state index contributed by atoms with van der Waals surface area (Å²) in [6.07, 6.45) is 1.42. The number of hydrogen-bond acceptors (Lipinski definition) is 1. The highest BCUT2D eigenvalue weighted by Gasteiger charge is 2.38. The molecule has 11 heavy (non-hydrogen) atoms. The molecule has 1 aromatic heterocycles. The Bertz CT molecular complexity index is 291. The Labute approximate surface area is 62.9 Å². The normalized spacial score (nSPS) is 20.3. The first-order valence-corrected chi connectivity index (χ1v) is 3.47. The van der Waals surface area contributed by atoms with E-state index < -0.39 is 5.92 Å². The van der Waals surface area contributed by atoms with Crippen LogP contribution in [0, 0.1) is 6.92 Å². The number of imidazole rings is 1. The fourth-order valence-corrected chi connectivity index (χ4v) is 1.39. The van der Waals surface area contributed by atoms with Crippen molar-refractivity contribution in [1.82, 2.24) is 9.55 Å². The molecule has 2 nitrogen and oxygen atoms in total. The van der Waals surface area contributed by atoms with Gasteiger partial charge < -0.3 is 4.57 Å². The first-order valence-electron chi connectivity index (χ1n) is 3.47. The smallest absolute Gasteiger partial charge is 0.272 e. The Morgan fingerprint density at radius 2 is 2.36 bits per heavy atom. The van der Waals surface area contributed by atoms with E-state index in [2.05, 4.69) is 4.98 Å². The highest BCUT2D eigenvalue weighted by atomic mass is 19.3. The summed E-state index contributed by atoms with van der Waals surface area (Å²) < 4.78 is 26.9. The zero-order chi connectivity index (χ0) is 8.06. The topological polar surface area (TPSA) is 17.8 Å². The van der Waals surface area contributed by atoms with Crippen molar-refractivity contribution in [3.05, 3.63) is 17.7 Å². The van der Waals surface area contributed by atoms with Crippen LogP contribution in [0.3, 0.4) is 0 Å². The third-order valence-corrected chi connectivity index (χ3v) is 1.94. The van der Waals surface area contributed by atoms with Gasteiger partial charge in [-0.15, -0.1) is 0 Å². The molecule has 2 heterocycles. The van der Waals surface area contributed by atoms with Crippen LogP contribution in [0.5, 0.6) is 0 Å². The second kappa shape index (κ2) is 1.81. The molecule has 0 aliphatic carbocycles. The van der Waals surface area contributed by atoms with Crippen molar-refractivity contribution in [2.75, 3.05) is 0 Å². The first-order chi connectivity index (χ1) is 5.08. The highest BCUT2D eigenvalue weighted by molar-refractivity contribution is 5.10. The fourth-order valence-electron chi connectivity index (χ4n) is 1.39. The molecular formula is C7H8F2N2. The van der Waals surface area contributed by atoms with Crippen molar-refractivity contribution in [3.63, 3.8) is 0 Å². The van der Waals surface area contributed by atoms with Crippen LogP contribution in [-0.2, 0) is 13.0 Å². The molecule has 1 aliphatic heterocycles. The van der Waals surface area contributed by atoms with E-state index in [0.29, 0.717) is 5.82 Å². The summed E-state index contributed by atoms with van der Waals surface area (Å²) in [6.45, 7) is 1.59. The largest absolute Gasteiger partial charge is 0.326 e. The third kappa shape index (κ3) is 0.931. The lowest BCUT2D eigenvalue weighted by Gasteiger charge is -2.05. The lowest BCUT2D eigenvalue weighted by Crippen LogP contribution is -2.17. The molecule has 2 rings (SSSR count). The van der Waals surface area contributed by atoms with E-state index in [0.717, 1.165) is 5.69 Å². The standard InChI is InChI=1S/C7H8F2N2/c1-5-3-10-6-2-7(8,9)4-11(5)6/h3H,2,4H2,1H3. The minimum Gasteiger partial charge on any atom is -0.326 e. The molecule has 0 atom stereocenters. The van der Waals surface area contributed by atoms with Crippen molar-refractivity contribution in [2.45, 2.75) is 25.8 Å². The van der Waals surface area contributed by atoms with E-state index in [9.17, 15) is 8.78 Å². The van der Waals surface area contributed by atoms with Crippen LogP contribution in [-0.4, -0.2) is 15.5 Å². The van der Waals surface area contributed by atoms with Gasteiger partial charge in [-0.1, -0.05) is 0 Å². The number of aryl methyl sites for hydroxylation is 1. The maximum absolute atomic E-state index is 12.7. The molecule has 0 spiro atoms. The van der Waals surface area contributed by atoms with Crippen LogP contribution in [0.1, 0.15) is 11.5 Å². The Balaban J connectivity index is 2.42. The van der Waals surface area contributed by atoms with E-state index in [4.69, 9.17) is 0 Å². The molecule has 0 aromatic carbocycles. The third-order valence-electron chi connectivity index (χ3n) is 1.94. The van der Waals surface area contributed by atoms with Crippen molar-refractivity contribution >= 4 is 0 Å². The summed E-state index contributed by atoms with van der Waals surface area (Å²) in [6, 6.07) is 0. The van der Waals surface area contributed by atoms with Gasteiger partial charge in [0.05, 0.1) is 13.0 Å². The number of nitrogens with zero attached hydrogens (tertiary/aromatic N) is 2. The van der Waals surface area contributed by atoms with Crippen LogP contribution in [0.15, 0.2) is 6.20 Å². The fraction of sp³-hybridized carbons (Fsp3) is 0.571. The molecule has 0 saturated carbocycles. The molecular weight excluding hydrogens is 150 g/mol. The molecule has 1 aromatic rings. The minimum atomic E-state index is -2.58. The van der Waals surface area contributed by atoms with Gasteiger partial charge in [0.2, 0.25) is 0 Å². The molecule has 60 valence electrons. The van der Waals surface area contributed by atoms with Crippen molar-refractivity contribution in [2.24, 2.45) is 0 Å². The predicted molar refractivity (Wildman–Crippen MR) is 35.6 cm³/mol. The maximum atomic E-state index is 12.7. The summed E-state index contributed by atoms with van der Waals surface area (Å²) in [5.74, 6) is -2.07. The van der Waals surface area contributed by atoms with Crippen LogP contribution in [0.25, 0.3) is 0 Å². The van der Waals surface area contributed by atoms with Gasteiger partial charge >= 0.3 is 0 Å². The summed E-state index contributed by atoms with van der Waals surface area (Å²) in [4.78, 5) is 3.87. The number of hydrogen-bond donors (Lipinski definition) is 0. The van der Waals surface area contributed by atoms with E-state index in [1.54, 1.807) is 17.7 Å². The zero-order valence-corrected chi connectivity index (χ0v) is 6.14. The quantitative estimate of drug-likeness (QED) is 0.557. The Morgan fingerprint density at radius 1 is 1.64 bits per heavy atom. The summed E-state index contributed by atoms with van der Waals surface area (Å²) in [5.41, 5.74) is 0.817. The van der Waals surface area contributed by atoms with Gasteiger partial charge in [-0.05, 0) is 6.92 Å². The van der Waals surface area contributed by atoms with Gasteiger partial charge in [-0.2, -0.15) is 0 Å². The number of halogens is 2. The van der Waals surface area contributed by atoms with E-state index in [1.165, 1.54) is 0 Å². The number of rotatable bonds is 0. The van der Waals surface area contributed by atoms with Crippen LogP contribution in [0.2, 0.25) is 0 Å². The average molecular weight is 158 g/mol. The van der Waals surface area contributed by atoms with Gasteiger partial charge in [-0.3, -0.25) is 0 Å². The summed E-state index contributed by atoms with van der Waals surface area (Å²) >= 11 is 0. The molecule has 0 fully saturated rings. The van der Waals surface area contributed by atoms with Crippen molar-refractivity contribution < 1.29 is 8.78 Å². The second-order valence-electron chi connectivity index (χ2n) is 2.93. The SMILES string of the molecule is Cc1cnc2n1CC(F)(F)C2. The minimum absolute atomic E-state index is 0.200. The molecule has 0 N–H and O–H groups in total. The Kier molecular flexibility index (Phi) is 1.11. The lowest BCUT2D eigenvalue weighted by molar-refractivity contribution is 0.00234. The Hall–Kier alpha value is -0.930. The van der Waals surface area contributed by atoms with Gasteiger partial charge in [0.25, 0.3) is 5.92 Å². The summed E-state index contributed by atoms with van der Waals surface area (Å²) in [5, 5.41) is 0. The van der Waals surface area contributed by atoms with Gasteiger partial charge in [0.15, 0.2) is 0 Å². The van der Waals surface area contributed by atoms with E-state index in [-0.39, 0.29) is 13.0 Å². The number of aromatic nitrogens is 2. The average Bonchev–Trinajstić information content (AvgIpc) is 2.31. The molecule has 0 radical (unpaired) electrons. The molecule has 0 amide bonds. The number of fused-ring (bicyclic) bond motifs is 1. The molecule has 0 saturated heterocycles. The maximum Gasteiger partial charge on any atom is 0.272 e. The first kappa shape index (κ1) is 6.76. The van der Waals surface area contributed by atoms with Crippen LogP contribution in [0.4, 0.5) is 8.78 Å². The van der Waals surface area contributed by atoms with Gasteiger partial charge in [-0.25, -0.2) is 13.8 Å². The molecule has 4 heteroatoms. The number of alkyl halides is 2. The van der Waals surface area contributed by atoms with Gasteiger partial charge in [0.1, 0.15) is 5.82 Å². The second-order valence-corrected chi connectivity index (χ2v) is 2.93. The van der Waals surface area contributed by atoms with E-state index in [1.807, 2.05) is 0 Å². The lowest BCUT2D eigenvalue weighted by atomic mass is 10.3. The zero-order valence-electron chi connectivity index (χ0n) is 6.14.